The molecule has 1 fully saturated rings. The van der Waals surface area contributed by atoms with Crippen molar-refractivity contribution in [2.75, 3.05) is 50.7 Å². The zero-order valence-corrected chi connectivity index (χ0v) is 23.3. The van der Waals surface area contributed by atoms with Gasteiger partial charge >= 0.3 is 6.18 Å². The Kier molecular flexibility index (Phi) is 8.63. The molecule has 2 atom stereocenters. The van der Waals surface area contributed by atoms with Gasteiger partial charge in [-0.2, -0.15) is 13.2 Å². The van der Waals surface area contributed by atoms with Gasteiger partial charge in [-0.1, -0.05) is 24.0 Å². The number of nitrogens with one attached hydrogen (secondary N) is 2. The number of likely N-dealkylation sites (tertiary alicyclic amines) is 1. The number of rotatable bonds is 7. The highest BCUT2D eigenvalue weighted by Gasteiger charge is 2.32. The highest BCUT2D eigenvalue weighted by atomic mass is 32.2. The van der Waals surface area contributed by atoms with E-state index in [-0.39, 0.29) is 21.9 Å². The van der Waals surface area contributed by atoms with Gasteiger partial charge in [0.25, 0.3) is 0 Å². The van der Waals surface area contributed by atoms with Gasteiger partial charge in [0.05, 0.1) is 52.0 Å². The number of sulfone groups is 1. The molecule has 1 aliphatic rings. The molecular weight excluding hydrogens is 554 g/mol. The normalized spacial score (nSPS) is 18.4. The fraction of sp³-hybridized carbons (Fsp3) is 0.407. The van der Waals surface area contributed by atoms with Crippen molar-refractivity contribution in [3.63, 3.8) is 0 Å². The molecule has 39 heavy (non-hydrogen) atoms. The lowest BCUT2D eigenvalue weighted by Gasteiger charge is -2.33. The van der Waals surface area contributed by atoms with Crippen molar-refractivity contribution in [3.05, 3.63) is 46.8 Å². The summed E-state index contributed by atoms with van der Waals surface area (Å²) in [6, 6.07) is 9.00. The predicted octanol–water partition coefficient (Wildman–Crippen LogP) is 5.34. The fourth-order valence-electron chi connectivity index (χ4n) is 4.49. The maximum absolute atomic E-state index is 14.7. The van der Waals surface area contributed by atoms with Crippen LogP contribution in [0.15, 0.2) is 41.3 Å². The Hall–Kier alpha value is -3.01. The summed E-state index contributed by atoms with van der Waals surface area (Å²) in [5.41, 5.74) is 1.19. The average Bonchev–Trinajstić information content (AvgIpc) is 3.19. The molecule has 0 aliphatic carbocycles. The number of piperidine rings is 1. The molecule has 2 N–H and O–H groups in total. The Morgan fingerprint density at radius 1 is 1.21 bits per heavy atom. The molecule has 6 nitrogen and oxygen atoms in total. The van der Waals surface area contributed by atoms with Crippen molar-refractivity contribution in [2.45, 2.75) is 36.1 Å². The van der Waals surface area contributed by atoms with Crippen LogP contribution in [-0.4, -0.2) is 71.8 Å². The summed E-state index contributed by atoms with van der Waals surface area (Å²) in [6.45, 7) is 1.10. The SMILES string of the molecule is COc1cc(S(C)(=O)=O)ccc1NCC#Cc1sc2c(N[C@H]3CCN(C)C[C@@H]3F)cccc2c1CC(F)(F)F. The van der Waals surface area contributed by atoms with Gasteiger partial charge in [0.2, 0.25) is 0 Å². The van der Waals surface area contributed by atoms with Crippen molar-refractivity contribution in [1.29, 1.82) is 0 Å². The van der Waals surface area contributed by atoms with Crippen molar-refractivity contribution in [3.8, 4) is 17.6 Å². The molecule has 210 valence electrons. The first-order valence-corrected chi connectivity index (χ1v) is 14.9. The van der Waals surface area contributed by atoms with Crippen molar-refractivity contribution >= 4 is 42.6 Å². The summed E-state index contributed by atoms with van der Waals surface area (Å²) >= 11 is 1.15. The van der Waals surface area contributed by atoms with E-state index in [2.05, 4.69) is 22.5 Å². The van der Waals surface area contributed by atoms with E-state index >= 15 is 0 Å². The standard InChI is InChI=1S/C27H29F4N3O3S2/c1-34-13-11-21(20(28)16-34)33-23-7-4-6-18-19(15-27(29,30)31)25(38-26(18)23)8-5-12-32-22-10-9-17(39(3,35)36)14-24(22)37-2/h4,6-7,9-10,14,20-21,32-33H,11-13,15-16H2,1-3H3/t20-,21-/m0/s1. The Labute approximate surface area is 229 Å². The number of methoxy groups -OCH3 is 1. The predicted molar refractivity (Wildman–Crippen MR) is 147 cm³/mol. The number of nitrogens with zero attached hydrogens (tertiary/aromatic N) is 1. The highest BCUT2D eigenvalue weighted by Crippen LogP contribution is 2.39. The first kappa shape index (κ1) is 29.0. The molecule has 0 unspecified atom stereocenters. The molecule has 12 heteroatoms. The van der Waals surface area contributed by atoms with E-state index in [9.17, 15) is 26.0 Å². The van der Waals surface area contributed by atoms with Gasteiger partial charge in [0, 0.05) is 25.4 Å². The quantitative estimate of drug-likeness (QED) is 0.289. The molecule has 0 radical (unpaired) electrons. The minimum Gasteiger partial charge on any atom is -0.495 e. The van der Waals surface area contributed by atoms with Gasteiger partial charge in [-0.05, 0) is 42.6 Å². The summed E-state index contributed by atoms with van der Waals surface area (Å²) in [4.78, 5) is 2.30. The maximum Gasteiger partial charge on any atom is 0.393 e. The van der Waals surface area contributed by atoms with Crippen LogP contribution in [0.25, 0.3) is 10.1 Å². The monoisotopic (exact) mass is 583 g/mol. The average molecular weight is 584 g/mol. The smallest absolute Gasteiger partial charge is 0.393 e. The third kappa shape index (κ3) is 7.15. The summed E-state index contributed by atoms with van der Waals surface area (Å²) in [5.74, 6) is 6.04. The molecular formula is C27H29F4N3O3S2. The van der Waals surface area contributed by atoms with Gasteiger partial charge in [0.15, 0.2) is 9.84 Å². The van der Waals surface area contributed by atoms with Crippen molar-refractivity contribution in [1.82, 2.24) is 4.90 Å². The summed E-state index contributed by atoms with van der Waals surface area (Å²) in [6.07, 6.45) is -4.98. The second-order valence-electron chi connectivity index (χ2n) is 9.49. The van der Waals surface area contributed by atoms with Crippen LogP contribution < -0.4 is 15.4 Å². The van der Waals surface area contributed by atoms with Gasteiger partial charge in [-0.25, -0.2) is 12.8 Å². The second kappa shape index (κ2) is 11.6. The van der Waals surface area contributed by atoms with E-state index in [1.54, 1.807) is 24.3 Å². The lowest BCUT2D eigenvalue weighted by Crippen LogP contribution is -2.46. The molecule has 0 spiro atoms. The lowest BCUT2D eigenvalue weighted by atomic mass is 10.0. The van der Waals surface area contributed by atoms with Crippen LogP contribution in [0, 0.1) is 11.8 Å². The topological polar surface area (TPSA) is 70.7 Å². The molecule has 3 aromatic rings. The minimum absolute atomic E-state index is 0.0819. The van der Waals surface area contributed by atoms with Crippen LogP contribution in [0.5, 0.6) is 5.75 Å². The molecule has 0 saturated carbocycles. The molecule has 1 aliphatic heterocycles. The highest BCUT2D eigenvalue weighted by molar-refractivity contribution is 7.90. The molecule has 0 amide bonds. The van der Waals surface area contributed by atoms with Gasteiger partial charge in [-0.15, -0.1) is 11.3 Å². The largest absolute Gasteiger partial charge is 0.495 e. The number of anilines is 2. The number of hydrogen-bond donors (Lipinski definition) is 2. The second-order valence-corrected chi connectivity index (χ2v) is 12.5. The van der Waals surface area contributed by atoms with E-state index in [0.717, 1.165) is 24.1 Å². The number of halogens is 4. The number of hydrogen-bond acceptors (Lipinski definition) is 7. The third-order valence-corrected chi connectivity index (χ3v) is 8.76. The van der Waals surface area contributed by atoms with Gasteiger partial charge in [0.1, 0.15) is 11.9 Å². The fourth-order valence-corrected chi connectivity index (χ4v) is 6.30. The molecule has 2 heterocycles. The number of ether oxygens (including phenoxy) is 1. The lowest BCUT2D eigenvalue weighted by molar-refractivity contribution is -0.126. The summed E-state index contributed by atoms with van der Waals surface area (Å²) in [7, 11) is -0.161. The van der Waals surface area contributed by atoms with Crippen molar-refractivity contribution < 1.29 is 30.7 Å². The molecule has 4 rings (SSSR count). The van der Waals surface area contributed by atoms with E-state index in [1.165, 1.54) is 19.2 Å². The molecule has 0 bridgehead atoms. The number of thiophene rings is 1. The van der Waals surface area contributed by atoms with Crippen molar-refractivity contribution in [2.24, 2.45) is 0 Å². The van der Waals surface area contributed by atoms with Crippen LogP contribution in [-0.2, 0) is 16.3 Å². The zero-order valence-electron chi connectivity index (χ0n) is 21.7. The van der Waals surface area contributed by atoms with Crippen LogP contribution in [0.1, 0.15) is 16.9 Å². The Morgan fingerprint density at radius 3 is 2.64 bits per heavy atom. The van der Waals surface area contributed by atoms with Gasteiger partial charge < -0.3 is 20.3 Å². The maximum atomic E-state index is 14.7. The molecule has 2 aromatic carbocycles. The molecule has 1 saturated heterocycles. The van der Waals surface area contributed by atoms with Crippen LogP contribution in [0.2, 0.25) is 0 Å². The third-order valence-electron chi connectivity index (χ3n) is 6.45. The summed E-state index contributed by atoms with van der Waals surface area (Å²) < 4.78 is 84.7. The van der Waals surface area contributed by atoms with E-state index in [0.29, 0.717) is 40.2 Å². The van der Waals surface area contributed by atoms with Crippen LogP contribution in [0.3, 0.4) is 0 Å². The summed E-state index contributed by atoms with van der Waals surface area (Å²) in [5, 5.41) is 6.69. The Morgan fingerprint density at radius 2 is 1.97 bits per heavy atom. The van der Waals surface area contributed by atoms with Gasteiger partial charge in [-0.3, -0.25) is 0 Å². The minimum atomic E-state index is -4.43. The van der Waals surface area contributed by atoms with E-state index < -0.39 is 34.6 Å². The Bertz CT molecular complexity index is 1510. The Balaban J connectivity index is 1.61. The molecule has 1 aromatic heterocycles. The number of benzene rings is 2. The first-order valence-electron chi connectivity index (χ1n) is 12.2. The van der Waals surface area contributed by atoms with E-state index in [1.807, 2.05) is 11.9 Å². The first-order chi connectivity index (χ1) is 18.4. The van der Waals surface area contributed by atoms with Crippen LogP contribution >= 0.6 is 11.3 Å². The van der Waals surface area contributed by atoms with Crippen LogP contribution in [0.4, 0.5) is 28.9 Å². The zero-order chi connectivity index (χ0) is 28.4. The van der Waals surface area contributed by atoms with E-state index in [4.69, 9.17) is 4.74 Å². The number of fused-ring (bicyclic) bond motifs is 1. The number of alkyl halides is 4.